The molecule has 1 aliphatic rings. The van der Waals surface area contributed by atoms with Crippen LogP contribution in [-0.4, -0.2) is 16.7 Å². The Bertz CT molecular complexity index is 684. The molecule has 0 amide bonds. The van der Waals surface area contributed by atoms with Crippen molar-refractivity contribution in [2.75, 3.05) is 0 Å². The van der Waals surface area contributed by atoms with Gasteiger partial charge in [0.15, 0.2) is 5.78 Å². The maximum atomic E-state index is 12.5. The zero-order valence-corrected chi connectivity index (χ0v) is 11.7. The number of ketones is 1. The summed E-state index contributed by atoms with van der Waals surface area (Å²) >= 11 is 5.80. The van der Waals surface area contributed by atoms with E-state index >= 15 is 0 Å². The molecule has 0 unspecified atom stereocenters. The van der Waals surface area contributed by atoms with Crippen LogP contribution in [0.25, 0.3) is 0 Å². The van der Waals surface area contributed by atoms with E-state index in [-0.39, 0.29) is 16.6 Å². The maximum absolute atomic E-state index is 12.5. The van der Waals surface area contributed by atoms with Gasteiger partial charge >= 0.3 is 0 Å². The summed E-state index contributed by atoms with van der Waals surface area (Å²) < 4.78 is 0. The van der Waals surface area contributed by atoms with Crippen LogP contribution in [0.5, 0.6) is 0 Å². The molecular formula is C16H12ClNO3. The smallest absolute Gasteiger partial charge is 0.231 e. The van der Waals surface area contributed by atoms with Crippen LogP contribution in [0.4, 0.5) is 0 Å². The molecule has 0 bridgehead atoms. The standard InChI is InChI=1S/C16H12ClNO3/c17-12-8-6-11(7-9-12)16(19)14-13(15(14)18(20)21)10-4-2-1-3-5-10/h1-9,13-15H/t13-,14-,15+/m1/s1. The second kappa shape index (κ2) is 5.30. The summed E-state index contributed by atoms with van der Waals surface area (Å²) in [5.41, 5.74) is 1.31. The van der Waals surface area contributed by atoms with Gasteiger partial charge in [-0.05, 0) is 29.8 Å². The first-order valence-electron chi connectivity index (χ1n) is 6.58. The van der Waals surface area contributed by atoms with Crippen molar-refractivity contribution in [3.05, 3.63) is 80.9 Å². The van der Waals surface area contributed by atoms with Gasteiger partial charge in [0, 0.05) is 15.5 Å². The highest BCUT2D eigenvalue weighted by molar-refractivity contribution is 6.30. The van der Waals surface area contributed by atoms with E-state index in [0.29, 0.717) is 10.6 Å². The second-order valence-corrected chi connectivity index (χ2v) is 5.55. The van der Waals surface area contributed by atoms with Gasteiger partial charge < -0.3 is 0 Å². The third-order valence-corrected chi connectivity index (χ3v) is 4.09. The van der Waals surface area contributed by atoms with Gasteiger partial charge in [-0.15, -0.1) is 0 Å². The Morgan fingerprint density at radius 3 is 2.24 bits per heavy atom. The lowest BCUT2D eigenvalue weighted by Crippen LogP contribution is -2.10. The lowest BCUT2D eigenvalue weighted by atomic mass is 10.0. The van der Waals surface area contributed by atoms with E-state index in [0.717, 1.165) is 5.56 Å². The van der Waals surface area contributed by atoms with Gasteiger partial charge in [-0.1, -0.05) is 41.9 Å². The SMILES string of the molecule is O=C(c1ccc(Cl)cc1)[C@@H]1[C@@H](c2ccccc2)[C@@H]1[N+](=O)[O-]. The lowest BCUT2D eigenvalue weighted by molar-refractivity contribution is -0.498. The minimum Gasteiger partial charge on any atom is -0.294 e. The second-order valence-electron chi connectivity index (χ2n) is 5.11. The van der Waals surface area contributed by atoms with Crippen LogP contribution in [0.1, 0.15) is 21.8 Å². The van der Waals surface area contributed by atoms with Gasteiger partial charge in [0.05, 0.1) is 5.92 Å². The van der Waals surface area contributed by atoms with Crippen molar-refractivity contribution >= 4 is 17.4 Å². The molecule has 1 saturated carbocycles. The molecule has 0 aliphatic heterocycles. The monoisotopic (exact) mass is 301 g/mol. The van der Waals surface area contributed by atoms with Crippen LogP contribution in [0.2, 0.25) is 5.02 Å². The molecule has 21 heavy (non-hydrogen) atoms. The Morgan fingerprint density at radius 1 is 1.05 bits per heavy atom. The van der Waals surface area contributed by atoms with Gasteiger partial charge in [-0.2, -0.15) is 0 Å². The number of Topliss-reactive ketones (excluding diaryl/α,β-unsaturated/α-hetero) is 1. The van der Waals surface area contributed by atoms with Crippen LogP contribution < -0.4 is 0 Å². The van der Waals surface area contributed by atoms with E-state index in [4.69, 9.17) is 11.6 Å². The molecule has 0 N–H and O–H groups in total. The highest BCUT2D eigenvalue weighted by Crippen LogP contribution is 2.51. The molecule has 1 aliphatic carbocycles. The number of benzene rings is 2. The maximum Gasteiger partial charge on any atom is 0.231 e. The van der Waals surface area contributed by atoms with Gasteiger partial charge in [0.1, 0.15) is 5.92 Å². The van der Waals surface area contributed by atoms with Gasteiger partial charge in [-0.3, -0.25) is 14.9 Å². The number of hydrogen-bond acceptors (Lipinski definition) is 3. The Kier molecular flexibility index (Phi) is 3.47. The van der Waals surface area contributed by atoms with Crippen molar-refractivity contribution in [3.63, 3.8) is 0 Å². The number of nitrogens with zero attached hydrogens (tertiary/aromatic N) is 1. The summed E-state index contributed by atoms with van der Waals surface area (Å²) in [4.78, 5) is 23.3. The molecule has 3 atom stereocenters. The fourth-order valence-corrected chi connectivity index (χ4v) is 2.89. The fourth-order valence-electron chi connectivity index (χ4n) is 2.76. The number of nitro groups is 1. The van der Waals surface area contributed by atoms with Gasteiger partial charge in [-0.25, -0.2) is 0 Å². The van der Waals surface area contributed by atoms with E-state index in [1.54, 1.807) is 24.3 Å². The minimum atomic E-state index is -0.837. The van der Waals surface area contributed by atoms with Crippen molar-refractivity contribution in [3.8, 4) is 0 Å². The summed E-state index contributed by atoms with van der Waals surface area (Å²) in [5.74, 6) is -1.13. The van der Waals surface area contributed by atoms with Crippen LogP contribution in [0.3, 0.4) is 0 Å². The van der Waals surface area contributed by atoms with Crippen LogP contribution in [0, 0.1) is 16.0 Å². The number of halogens is 1. The first kappa shape index (κ1) is 13.8. The van der Waals surface area contributed by atoms with E-state index in [1.165, 1.54) is 0 Å². The molecule has 3 rings (SSSR count). The molecule has 4 nitrogen and oxygen atoms in total. The molecule has 106 valence electrons. The predicted molar refractivity (Wildman–Crippen MR) is 79.2 cm³/mol. The quantitative estimate of drug-likeness (QED) is 0.492. The molecule has 2 aromatic rings. The molecule has 0 aromatic heterocycles. The third kappa shape index (κ3) is 2.54. The molecule has 0 radical (unpaired) electrons. The van der Waals surface area contributed by atoms with Crippen LogP contribution in [-0.2, 0) is 0 Å². The van der Waals surface area contributed by atoms with E-state index < -0.39 is 12.0 Å². The normalized spacial score (nSPS) is 23.6. The number of carbonyl (C=O) groups excluding carboxylic acids is 1. The lowest BCUT2D eigenvalue weighted by Gasteiger charge is -1.99. The molecular weight excluding hydrogens is 290 g/mol. The zero-order chi connectivity index (χ0) is 15.0. The topological polar surface area (TPSA) is 60.2 Å². The first-order chi connectivity index (χ1) is 10.1. The molecule has 0 spiro atoms. The van der Waals surface area contributed by atoms with E-state index in [1.807, 2.05) is 30.3 Å². The largest absolute Gasteiger partial charge is 0.294 e. The number of carbonyl (C=O) groups is 1. The number of rotatable bonds is 4. The highest BCUT2D eigenvalue weighted by atomic mass is 35.5. The summed E-state index contributed by atoms with van der Waals surface area (Å²) in [6.45, 7) is 0. The van der Waals surface area contributed by atoms with Crippen LogP contribution >= 0.6 is 11.6 Å². The number of hydrogen-bond donors (Lipinski definition) is 0. The Labute approximate surface area is 126 Å². The average Bonchev–Trinajstić information content (AvgIpc) is 3.24. The van der Waals surface area contributed by atoms with Crippen molar-refractivity contribution in [1.29, 1.82) is 0 Å². The molecule has 5 heteroatoms. The molecule has 0 saturated heterocycles. The molecule has 0 heterocycles. The Hall–Kier alpha value is -2.20. The summed E-state index contributed by atoms with van der Waals surface area (Å²) in [6.07, 6.45) is 0. The van der Waals surface area contributed by atoms with Gasteiger partial charge in [0.25, 0.3) is 0 Å². The van der Waals surface area contributed by atoms with E-state index in [9.17, 15) is 14.9 Å². The Balaban J connectivity index is 1.88. The Morgan fingerprint density at radius 2 is 1.67 bits per heavy atom. The first-order valence-corrected chi connectivity index (χ1v) is 6.95. The summed E-state index contributed by atoms with van der Waals surface area (Å²) in [5, 5.41) is 11.7. The van der Waals surface area contributed by atoms with Crippen LogP contribution in [0.15, 0.2) is 54.6 Å². The zero-order valence-electron chi connectivity index (χ0n) is 11.0. The van der Waals surface area contributed by atoms with Gasteiger partial charge in [0.2, 0.25) is 6.04 Å². The fraction of sp³-hybridized carbons (Fsp3) is 0.188. The van der Waals surface area contributed by atoms with E-state index in [2.05, 4.69) is 0 Å². The predicted octanol–water partition coefficient (Wildman–Crippen LogP) is 3.58. The molecule has 1 fully saturated rings. The van der Waals surface area contributed by atoms with Crippen molar-refractivity contribution < 1.29 is 9.72 Å². The average molecular weight is 302 g/mol. The summed E-state index contributed by atoms with van der Waals surface area (Å²) in [7, 11) is 0. The van der Waals surface area contributed by atoms with Crippen molar-refractivity contribution in [2.45, 2.75) is 12.0 Å². The highest BCUT2D eigenvalue weighted by Gasteiger charge is 2.64. The minimum absolute atomic E-state index is 0.192. The summed E-state index contributed by atoms with van der Waals surface area (Å²) in [6, 6.07) is 14.8. The molecule has 2 aromatic carbocycles. The van der Waals surface area contributed by atoms with Crippen molar-refractivity contribution in [1.82, 2.24) is 0 Å². The van der Waals surface area contributed by atoms with Crippen molar-refractivity contribution in [2.24, 2.45) is 5.92 Å². The third-order valence-electron chi connectivity index (χ3n) is 3.84.